The summed E-state index contributed by atoms with van der Waals surface area (Å²) < 4.78 is 16.0. The highest BCUT2D eigenvalue weighted by Gasteiger charge is 2.11. The average molecular weight is 290 g/mol. The van der Waals surface area contributed by atoms with Crippen LogP contribution in [0.2, 0.25) is 0 Å². The molecule has 4 heteroatoms. The number of methoxy groups -OCH3 is 2. The van der Waals surface area contributed by atoms with Gasteiger partial charge < -0.3 is 14.2 Å². The van der Waals surface area contributed by atoms with Crippen LogP contribution in [0.3, 0.4) is 0 Å². The molecule has 0 saturated carbocycles. The minimum Gasteiger partial charge on any atom is -0.495 e. The van der Waals surface area contributed by atoms with Crippen molar-refractivity contribution >= 4 is 11.8 Å². The first-order valence-corrected chi connectivity index (χ1v) is 7.29. The highest BCUT2D eigenvalue weighted by Crippen LogP contribution is 2.39. The van der Waals surface area contributed by atoms with Gasteiger partial charge in [-0.2, -0.15) is 0 Å². The third kappa shape index (κ3) is 3.92. The predicted octanol–water partition coefficient (Wildman–Crippen LogP) is 3.97. The molecule has 0 unspecified atom stereocenters. The molecule has 0 aliphatic carbocycles. The lowest BCUT2D eigenvalue weighted by atomic mass is 10.2. The molecule has 0 N–H and O–H groups in total. The van der Waals surface area contributed by atoms with Crippen molar-refractivity contribution in [3.8, 4) is 11.5 Å². The van der Waals surface area contributed by atoms with E-state index >= 15 is 0 Å². The summed E-state index contributed by atoms with van der Waals surface area (Å²) in [4.78, 5) is 0.996. The van der Waals surface area contributed by atoms with Gasteiger partial charge in [-0.15, -0.1) is 11.8 Å². The van der Waals surface area contributed by atoms with Crippen LogP contribution in [0.25, 0.3) is 0 Å². The molecule has 20 heavy (non-hydrogen) atoms. The summed E-state index contributed by atoms with van der Waals surface area (Å²) in [5, 5.41) is 0. The van der Waals surface area contributed by atoms with Gasteiger partial charge in [-0.25, -0.2) is 0 Å². The minimum atomic E-state index is 0.228. The summed E-state index contributed by atoms with van der Waals surface area (Å²) in [6.07, 6.45) is 0. The fraction of sp³-hybridized carbons (Fsp3) is 0.250. The van der Waals surface area contributed by atoms with E-state index in [0.29, 0.717) is 0 Å². The first-order chi connectivity index (χ1) is 9.85. The summed E-state index contributed by atoms with van der Waals surface area (Å²) in [5.74, 6) is 2.47. The zero-order valence-electron chi connectivity index (χ0n) is 11.7. The first kappa shape index (κ1) is 14.8. The zero-order chi connectivity index (χ0) is 14.2. The van der Waals surface area contributed by atoms with Crippen molar-refractivity contribution < 1.29 is 14.2 Å². The molecule has 2 rings (SSSR count). The van der Waals surface area contributed by atoms with Crippen LogP contribution in [0.5, 0.6) is 11.5 Å². The molecule has 0 amide bonds. The zero-order valence-corrected chi connectivity index (χ0v) is 12.5. The molecule has 3 nitrogen and oxygen atoms in total. The molecule has 0 aliphatic rings. The Morgan fingerprint density at radius 3 is 2.35 bits per heavy atom. The van der Waals surface area contributed by atoms with Crippen molar-refractivity contribution in [2.24, 2.45) is 0 Å². The van der Waals surface area contributed by atoms with Crippen LogP contribution >= 0.6 is 11.8 Å². The number of ether oxygens (including phenoxy) is 3. The van der Waals surface area contributed by atoms with Gasteiger partial charge in [-0.3, -0.25) is 0 Å². The Morgan fingerprint density at radius 2 is 1.65 bits per heavy atom. The molecule has 2 aromatic rings. The Morgan fingerprint density at radius 1 is 0.900 bits per heavy atom. The van der Waals surface area contributed by atoms with Crippen LogP contribution < -0.4 is 9.47 Å². The summed E-state index contributed by atoms with van der Waals surface area (Å²) in [6.45, 7) is 0.228. The molecular formula is C16H18O3S. The number of benzene rings is 2. The summed E-state index contributed by atoms with van der Waals surface area (Å²) >= 11 is 1.70. The van der Waals surface area contributed by atoms with Crippen molar-refractivity contribution in [2.45, 2.75) is 10.6 Å². The predicted molar refractivity (Wildman–Crippen MR) is 81.5 cm³/mol. The SMILES string of the molecule is COCOc1cccc(OC)c1SCc1ccccc1. The summed E-state index contributed by atoms with van der Waals surface area (Å²) in [5.41, 5.74) is 1.26. The average Bonchev–Trinajstić information content (AvgIpc) is 2.52. The fourth-order valence-corrected chi connectivity index (χ4v) is 2.83. The molecule has 0 aliphatic heterocycles. The van der Waals surface area contributed by atoms with Crippen molar-refractivity contribution in [2.75, 3.05) is 21.0 Å². The summed E-state index contributed by atoms with van der Waals surface area (Å²) in [7, 11) is 3.28. The number of hydrogen-bond acceptors (Lipinski definition) is 4. The lowest BCUT2D eigenvalue weighted by Crippen LogP contribution is -2.01. The molecule has 0 heterocycles. The molecule has 0 aromatic heterocycles. The molecule has 0 radical (unpaired) electrons. The Kier molecular flexibility index (Phi) is 5.77. The van der Waals surface area contributed by atoms with E-state index < -0.39 is 0 Å². The second-order valence-electron chi connectivity index (χ2n) is 4.11. The molecule has 0 spiro atoms. The Balaban J connectivity index is 2.15. The van der Waals surface area contributed by atoms with E-state index in [0.717, 1.165) is 22.1 Å². The fourth-order valence-electron chi connectivity index (χ4n) is 1.76. The van der Waals surface area contributed by atoms with Crippen LogP contribution in [0.4, 0.5) is 0 Å². The molecular weight excluding hydrogens is 272 g/mol. The highest BCUT2D eigenvalue weighted by atomic mass is 32.2. The van der Waals surface area contributed by atoms with Gasteiger partial charge in [0.1, 0.15) is 11.5 Å². The highest BCUT2D eigenvalue weighted by molar-refractivity contribution is 7.98. The van der Waals surface area contributed by atoms with Gasteiger partial charge in [0.25, 0.3) is 0 Å². The first-order valence-electron chi connectivity index (χ1n) is 6.30. The van der Waals surface area contributed by atoms with Crippen LogP contribution in [-0.4, -0.2) is 21.0 Å². The third-order valence-corrected chi connectivity index (χ3v) is 3.89. The van der Waals surface area contributed by atoms with Crippen molar-refractivity contribution in [3.63, 3.8) is 0 Å². The van der Waals surface area contributed by atoms with Crippen LogP contribution in [0.1, 0.15) is 5.56 Å². The van der Waals surface area contributed by atoms with Gasteiger partial charge in [-0.05, 0) is 17.7 Å². The van der Waals surface area contributed by atoms with Gasteiger partial charge in [0.2, 0.25) is 0 Å². The topological polar surface area (TPSA) is 27.7 Å². The minimum absolute atomic E-state index is 0.228. The molecule has 0 saturated heterocycles. The normalized spacial score (nSPS) is 10.3. The molecule has 106 valence electrons. The van der Waals surface area contributed by atoms with E-state index in [-0.39, 0.29) is 6.79 Å². The van der Waals surface area contributed by atoms with Gasteiger partial charge in [0, 0.05) is 12.9 Å². The maximum Gasteiger partial charge on any atom is 0.188 e. The number of hydrogen-bond donors (Lipinski definition) is 0. The van der Waals surface area contributed by atoms with E-state index in [1.54, 1.807) is 26.0 Å². The lowest BCUT2D eigenvalue weighted by molar-refractivity contribution is 0.0489. The number of rotatable bonds is 7. The second kappa shape index (κ2) is 7.82. The molecule has 2 aromatic carbocycles. The third-order valence-electron chi connectivity index (χ3n) is 2.72. The lowest BCUT2D eigenvalue weighted by Gasteiger charge is -2.14. The Bertz CT molecular complexity index is 529. The second-order valence-corrected chi connectivity index (χ2v) is 5.10. The smallest absolute Gasteiger partial charge is 0.188 e. The Labute approximate surface area is 123 Å². The van der Waals surface area contributed by atoms with Crippen molar-refractivity contribution in [3.05, 3.63) is 54.1 Å². The van der Waals surface area contributed by atoms with E-state index in [1.165, 1.54) is 5.56 Å². The molecule has 0 bridgehead atoms. The maximum atomic E-state index is 5.59. The molecule has 0 atom stereocenters. The van der Waals surface area contributed by atoms with Crippen LogP contribution in [0, 0.1) is 0 Å². The van der Waals surface area contributed by atoms with Gasteiger partial charge in [0.15, 0.2) is 6.79 Å². The summed E-state index contributed by atoms with van der Waals surface area (Å²) in [6, 6.07) is 16.1. The van der Waals surface area contributed by atoms with Crippen LogP contribution in [0.15, 0.2) is 53.4 Å². The largest absolute Gasteiger partial charge is 0.495 e. The standard InChI is InChI=1S/C16H18O3S/c1-17-12-19-15-10-6-9-14(18-2)16(15)20-11-13-7-4-3-5-8-13/h3-10H,11-12H2,1-2H3. The van der Waals surface area contributed by atoms with Gasteiger partial charge in [0.05, 0.1) is 12.0 Å². The number of thioether (sulfide) groups is 1. The van der Waals surface area contributed by atoms with Gasteiger partial charge >= 0.3 is 0 Å². The quantitative estimate of drug-likeness (QED) is 0.569. The van der Waals surface area contributed by atoms with Crippen LogP contribution in [-0.2, 0) is 10.5 Å². The van der Waals surface area contributed by atoms with E-state index in [9.17, 15) is 0 Å². The van der Waals surface area contributed by atoms with Crippen molar-refractivity contribution in [1.82, 2.24) is 0 Å². The Hall–Kier alpha value is -1.65. The molecule has 0 fully saturated rings. The van der Waals surface area contributed by atoms with E-state index in [2.05, 4.69) is 12.1 Å². The monoisotopic (exact) mass is 290 g/mol. The van der Waals surface area contributed by atoms with Gasteiger partial charge in [-0.1, -0.05) is 36.4 Å². The van der Waals surface area contributed by atoms with E-state index in [1.807, 2.05) is 36.4 Å². The van der Waals surface area contributed by atoms with E-state index in [4.69, 9.17) is 14.2 Å². The maximum absolute atomic E-state index is 5.59. The van der Waals surface area contributed by atoms with Crippen molar-refractivity contribution in [1.29, 1.82) is 0 Å².